The normalized spacial score (nSPS) is 10.0. The number of carbonyl (C=O) groups excluding carboxylic acids is 2. The van der Waals surface area contributed by atoms with Gasteiger partial charge >= 0.3 is 0 Å². The molecule has 0 heterocycles. The maximum absolute atomic E-state index is 12.2. The van der Waals surface area contributed by atoms with E-state index in [-0.39, 0.29) is 11.8 Å². The maximum atomic E-state index is 12.2. The van der Waals surface area contributed by atoms with E-state index in [1.165, 1.54) is 7.05 Å². The Balaban J connectivity index is 2.30. The lowest BCUT2D eigenvalue weighted by atomic mass is 10.1. The van der Waals surface area contributed by atoms with Crippen molar-refractivity contribution in [3.05, 3.63) is 64.2 Å². The summed E-state index contributed by atoms with van der Waals surface area (Å²) in [6.45, 7) is 1.95. The van der Waals surface area contributed by atoms with Crippen LogP contribution in [-0.4, -0.2) is 18.9 Å². The minimum Gasteiger partial charge on any atom is -0.355 e. The smallest absolute Gasteiger partial charge is 0.255 e. The zero-order valence-corrected chi connectivity index (χ0v) is 12.5. The van der Waals surface area contributed by atoms with Crippen LogP contribution in [0.4, 0.5) is 5.69 Å². The SMILES string of the molecule is CNC(=O)c1ccc(Cl)cc1NC(=O)c1ccc(C)cc1. The molecule has 0 aromatic heterocycles. The summed E-state index contributed by atoms with van der Waals surface area (Å²) in [5, 5.41) is 5.69. The van der Waals surface area contributed by atoms with Crippen molar-refractivity contribution in [3.63, 3.8) is 0 Å². The Morgan fingerprint density at radius 3 is 2.29 bits per heavy atom. The molecule has 0 aliphatic carbocycles. The van der Waals surface area contributed by atoms with Gasteiger partial charge in [-0.1, -0.05) is 29.3 Å². The van der Waals surface area contributed by atoms with Gasteiger partial charge in [-0.2, -0.15) is 0 Å². The summed E-state index contributed by atoms with van der Waals surface area (Å²) in [4.78, 5) is 24.0. The van der Waals surface area contributed by atoms with E-state index in [1.54, 1.807) is 30.3 Å². The summed E-state index contributed by atoms with van der Waals surface area (Å²) in [5.41, 5.74) is 2.33. The molecule has 2 amide bonds. The van der Waals surface area contributed by atoms with E-state index in [1.807, 2.05) is 19.1 Å². The fraction of sp³-hybridized carbons (Fsp3) is 0.125. The topological polar surface area (TPSA) is 58.2 Å². The molecule has 21 heavy (non-hydrogen) atoms. The Hall–Kier alpha value is -2.33. The van der Waals surface area contributed by atoms with Crippen molar-refractivity contribution in [2.45, 2.75) is 6.92 Å². The van der Waals surface area contributed by atoms with Gasteiger partial charge in [0.2, 0.25) is 0 Å². The Labute approximate surface area is 128 Å². The van der Waals surface area contributed by atoms with Gasteiger partial charge in [-0.05, 0) is 37.3 Å². The zero-order chi connectivity index (χ0) is 15.4. The molecule has 5 heteroatoms. The van der Waals surface area contributed by atoms with Gasteiger partial charge in [0.25, 0.3) is 11.8 Å². The molecular weight excluding hydrogens is 288 g/mol. The molecule has 0 bridgehead atoms. The first kappa shape index (κ1) is 15.1. The summed E-state index contributed by atoms with van der Waals surface area (Å²) in [6.07, 6.45) is 0. The van der Waals surface area contributed by atoms with Gasteiger partial charge in [-0.25, -0.2) is 0 Å². The highest BCUT2D eigenvalue weighted by Gasteiger charge is 2.14. The second-order valence-electron chi connectivity index (χ2n) is 4.59. The first-order valence-corrected chi connectivity index (χ1v) is 6.78. The summed E-state index contributed by atoms with van der Waals surface area (Å²) in [7, 11) is 1.53. The minimum absolute atomic E-state index is 0.286. The maximum Gasteiger partial charge on any atom is 0.255 e. The van der Waals surface area contributed by atoms with Crippen LogP contribution in [0.1, 0.15) is 26.3 Å². The van der Waals surface area contributed by atoms with Crippen LogP contribution in [0.5, 0.6) is 0 Å². The fourth-order valence-corrected chi connectivity index (χ4v) is 2.02. The number of aryl methyl sites for hydroxylation is 1. The highest BCUT2D eigenvalue weighted by atomic mass is 35.5. The summed E-state index contributed by atoms with van der Waals surface area (Å²) in [5.74, 6) is -0.576. The van der Waals surface area contributed by atoms with Gasteiger partial charge in [-0.3, -0.25) is 9.59 Å². The number of anilines is 1. The Kier molecular flexibility index (Phi) is 4.60. The molecule has 0 unspecified atom stereocenters. The Morgan fingerprint density at radius 1 is 1.00 bits per heavy atom. The molecule has 2 rings (SSSR count). The molecule has 0 aliphatic rings. The first-order chi connectivity index (χ1) is 10.0. The van der Waals surface area contributed by atoms with Crippen LogP contribution in [0, 0.1) is 6.92 Å². The second kappa shape index (κ2) is 6.41. The van der Waals surface area contributed by atoms with Crippen LogP contribution in [0.25, 0.3) is 0 Å². The quantitative estimate of drug-likeness (QED) is 0.914. The molecule has 0 atom stereocenters. The molecule has 0 fully saturated rings. The number of hydrogen-bond donors (Lipinski definition) is 2. The van der Waals surface area contributed by atoms with Crippen molar-refractivity contribution in [2.24, 2.45) is 0 Å². The largest absolute Gasteiger partial charge is 0.355 e. The average Bonchev–Trinajstić information content (AvgIpc) is 2.47. The molecule has 108 valence electrons. The number of hydrogen-bond acceptors (Lipinski definition) is 2. The number of amides is 2. The van der Waals surface area contributed by atoms with Crippen molar-refractivity contribution in [1.82, 2.24) is 5.32 Å². The highest BCUT2D eigenvalue weighted by molar-refractivity contribution is 6.31. The van der Waals surface area contributed by atoms with Gasteiger partial charge in [0.05, 0.1) is 11.3 Å². The summed E-state index contributed by atoms with van der Waals surface area (Å²) in [6, 6.07) is 11.9. The highest BCUT2D eigenvalue weighted by Crippen LogP contribution is 2.22. The van der Waals surface area contributed by atoms with Gasteiger partial charge in [0.1, 0.15) is 0 Å². The van der Waals surface area contributed by atoms with E-state index >= 15 is 0 Å². The van der Waals surface area contributed by atoms with E-state index in [4.69, 9.17) is 11.6 Å². The fourth-order valence-electron chi connectivity index (χ4n) is 1.85. The third-order valence-corrected chi connectivity index (χ3v) is 3.25. The number of carbonyl (C=O) groups is 2. The standard InChI is InChI=1S/C16H15ClN2O2/c1-10-3-5-11(6-4-10)15(20)19-14-9-12(17)7-8-13(14)16(21)18-2/h3-9H,1-2H3,(H,18,21)(H,19,20). The van der Waals surface area contributed by atoms with Crippen molar-refractivity contribution in [3.8, 4) is 0 Å². The monoisotopic (exact) mass is 302 g/mol. The number of nitrogens with one attached hydrogen (secondary N) is 2. The number of halogens is 1. The molecule has 2 aromatic carbocycles. The third kappa shape index (κ3) is 3.61. The molecule has 2 N–H and O–H groups in total. The molecule has 0 radical (unpaired) electrons. The van der Waals surface area contributed by atoms with Crippen LogP contribution >= 0.6 is 11.6 Å². The van der Waals surface area contributed by atoms with Gasteiger partial charge < -0.3 is 10.6 Å². The Morgan fingerprint density at radius 2 is 1.67 bits per heavy atom. The number of benzene rings is 2. The third-order valence-electron chi connectivity index (χ3n) is 3.02. The lowest BCUT2D eigenvalue weighted by molar-refractivity contribution is 0.0964. The van der Waals surface area contributed by atoms with Crippen molar-refractivity contribution in [2.75, 3.05) is 12.4 Å². The van der Waals surface area contributed by atoms with Crippen LogP contribution in [-0.2, 0) is 0 Å². The number of rotatable bonds is 3. The van der Waals surface area contributed by atoms with Crippen LogP contribution in [0.3, 0.4) is 0 Å². The van der Waals surface area contributed by atoms with Crippen molar-refractivity contribution in [1.29, 1.82) is 0 Å². The van der Waals surface area contributed by atoms with E-state index in [0.717, 1.165) is 5.56 Å². The lowest BCUT2D eigenvalue weighted by Crippen LogP contribution is -2.21. The molecule has 0 saturated heterocycles. The average molecular weight is 303 g/mol. The van der Waals surface area contributed by atoms with Gasteiger partial charge in [0.15, 0.2) is 0 Å². The van der Waals surface area contributed by atoms with E-state index in [2.05, 4.69) is 10.6 Å². The predicted molar refractivity (Wildman–Crippen MR) is 84.0 cm³/mol. The van der Waals surface area contributed by atoms with Crippen LogP contribution in [0.15, 0.2) is 42.5 Å². The predicted octanol–water partition coefficient (Wildman–Crippen LogP) is 3.26. The van der Waals surface area contributed by atoms with Crippen molar-refractivity contribution < 1.29 is 9.59 Å². The molecule has 0 saturated carbocycles. The summed E-state index contributed by atoms with van der Waals surface area (Å²) < 4.78 is 0. The molecular formula is C16H15ClN2O2. The second-order valence-corrected chi connectivity index (χ2v) is 5.03. The van der Waals surface area contributed by atoms with E-state index < -0.39 is 0 Å². The summed E-state index contributed by atoms with van der Waals surface area (Å²) >= 11 is 5.93. The molecule has 0 aliphatic heterocycles. The van der Waals surface area contributed by atoms with E-state index in [9.17, 15) is 9.59 Å². The minimum atomic E-state index is -0.289. The first-order valence-electron chi connectivity index (χ1n) is 6.41. The molecule has 0 spiro atoms. The Bertz CT molecular complexity index is 681. The molecule has 2 aromatic rings. The lowest BCUT2D eigenvalue weighted by Gasteiger charge is -2.11. The van der Waals surface area contributed by atoms with E-state index in [0.29, 0.717) is 21.8 Å². The van der Waals surface area contributed by atoms with Gasteiger partial charge in [-0.15, -0.1) is 0 Å². The van der Waals surface area contributed by atoms with Crippen LogP contribution in [0.2, 0.25) is 5.02 Å². The van der Waals surface area contributed by atoms with Crippen LogP contribution < -0.4 is 10.6 Å². The zero-order valence-electron chi connectivity index (χ0n) is 11.7. The molecule has 4 nitrogen and oxygen atoms in total. The van der Waals surface area contributed by atoms with Gasteiger partial charge in [0, 0.05) is 17.6 Å². The van der Waals surface area contributed by atoms with Crippen molar-refractivity contribution >= 4 is 29.1 Å².